The Labute approximate surface area is 206 Å². The van der Waals surface area contributed by atoms with Gasteiger partial charge in [0, 0.05) is 62.0 Å². The van der Waals surface area contributed by atoms with Crippen LogP contribution in [-0.2, 0) is 9.53 Å². The second-order valence-corrected chi connectivity index (χ2v) is 9.61. The summed E-state index contributed by atoms with van der Waals surface area (Å²) in [5, 5.41) is 12.5. The highest BCUT2D eigenvalue weighted by Gasteiger charge is 2.34. The maximum Gasteiger partial charge on any atom is 0.225 e. The number of hydrogen-bond donors (Lipinski definition) is 0. The zero-order valence-corrected chi connectivity index (χ0v) is 20.6. The first kappa shape index (κ1) is 23.3. The largest absolute Gasteiger partial charge is 0.384 e. The van der Waals surface area contributed by atoms with E-state index in [1.807, 2.05) is 23.4 Å². The molecule has 5 rings (SSSR count). The van der Waals surface area contributed by atoms with Crippen LogP contribution >= 0.6 is 0 Å². The molecular formula is C28H31N5O2. The molecule has 7 heteroatoms. The van der Waals surface area contributed by atoms with Crippen molar-refractivity contribution in [1.29, 1.82) is 5.26 Å². The molecule has 1 aliphatic heterocycles. The minimum absolute atomic E-state index is 0.0383. The van der Waals surface area contributed by atoms with Crippen molar-refractivity contribution in [3.8, 4) is 17.2 Å². The van der Waals surface area contributed by atoms with Crippen molar-refractivity contribution in [3.05, 3.63) is 53.5 Å². The highest BCUT2D eigenvalue weighted by Crippen LogP contribution is 2.47. The summed E-state index contributed by atoms with van der Waals surface area (Å²) >= 11 is 0. The summed E-state index contributed by atoms with van der Waals surface area (Å²) in [4.78, 5) is 26.2. The van der Waals surface area contributed by atoms with Crippen LogP contribution in [-0.4, -0.2) is 60.2 Å². The minimum Gasteiger partial charge on any atom is -0.384 e. The number of nitrogens with zero attached hydrogens (tertiary/aromatic N) is 5. The predicted molar refractivity (Wildman–Crippen MR) is 136 cm³/mol. The molecule has 2 fully saturated rings. The third-order valence-corrected chi connectivity index (χ3v) is 7.25. The molecule has 3 heterocycles. The normalized spacial score (nSPS) is 18.1. The number of amides is 1. The Hall–Kier alpha value is -3.50. The number of carbonyl (C=O) groups excluding carboxylic acids is 1. The molecule has 1 aliphatic carbocycles. The van der Waals surface area contributed by atoms with Crippen LogP contribution in [0.15, 0.2) is 36.7 Å². The van der Waals surface area contributed by atoms with E-state index in [0.717, 1.165) is 51.8 Å². The summed E-state index contributed by atoms with van der Waals surface area (Å²) in [5.41, 5.74) is 4.90. The molecule has 0 bridgehead atoms. The molecule has 0 radical (unpaired) electrons. The first-order valence-electron chi connectivity index (χ1n) is 12.3. The molecule has 1 saturated carbocycles. The molecule has 0 spiro atoms. The number of anilines is 1. The lowest BCUT2D eigenvalue weighted by Gasteiger charge is -2.41. The van der Waals surface area contributed by atoms with Crippen LogP contribution in [0.3, 0.4) is 0 Å². The topological polar surface area (TPSA) is 82.3 Å². The zero-order chi connectivity index (χ0) is 24.5. The number of hydrogen-bond acceptors (Lipinski definition) is 6. The van der Waals surface area contributed by atoms with Crippen LogP contribution in [0.1, 0.15) is 48.9 Å². The van der Waals surface area contributed by atoms with Crippen LogP contribution in [0.4, 0.5) is 5.82 Å². The van der Waals surface area contributed by atoms with Crippen LogP contribution in [0, 0.1) is 18.3 Å². The molecule has 3 aromatic rings. The molecule has 35 heavy (non-hydrogen) atoms. The van der Waals surface area contributed by atoms with Crippen LogP contribution in [0.25, 0.3) is 21.9 Å². The standard InChI is InChI=1S/C28H31N5O2/c1-18-17-32(12-13-33(18)25(34)10-14-35-3)28-24(15-29)19(2)26(27(31-28)20-7-8-20)23-6-4-5-21-16-30-11-9-22(21)23/h4-6,9,11,16,18,20H,7-8,10,12-14,17H2,1-3H3/t18-/m1/s1. The van der Waals surface area contributed by atoms with E-state index in [9.17, 15) is 10.1 Å². The first-order valence-corrected chi connectivity index (χ1v) is 12.3. The van der Waals surface area contributed by atoms with Gasteiger partial charge in [-0.05, 0) is 49.3 Å². The van der Waals surface area contributed by atoms with E-state index in [4.69, 9.17) is 9.72 Å². The molecule has 1 atom stereocenters. The van der Waals surface area contributed by atoms with Crippen LogP contribution in [0.5, 0.6) is 0 Å². The summed E-state index contributed by atoms with van der Waals surface area (Å²) in [6, 6.07) is 10.8. The highest BCUT2D eigenvalue weighted by atomic mass is 16.5. The van der Waals surface area contributed by atoms with E-state index in [1.54, 1.807) is 7.11 Å². The summed E-state index contributed by atoms with van der Waals surface area (Å²) in [6.45, 7) is 6.49. The summed E-state index contributed by atoms with van der Waals surface area (Å²) in [6.07, 6.45) is 6.33. The van der Waals surface area contributed by atoms with E-state index in [1.165, 1.54) is 0 Å². The summed E-state index contributed by atoms with van der Waals surface area (Å²) < 4.78 is 5.08. The number of rotatable bonds is 6. The molecule has 7 nitrogen and oxygen atoms in total. The van der Waals surface area contributed by atoms with Crippen molar-refractivity contribution >= 4 is 22.5 Å². The van der Waals surface area contributed by atoms with Crippen molar-refractivity contribution in [3.63, 3.8) is 0 Å². The fourth-order valence-electron chi connectivity index (χ4n) is 5.26. The zero-order valence-electron chi connectivity index (χ0n) is 20.6. The first-order chi connectivity index (χ1) is 17.0. The average Bonchev–Trinajstić information content (AvgIpc) is 3.72. The van der Waals surface area contributed by atoms with Crippen molar-refractivity contribution in [2.24, 2.45) is 0 Å². The molecule has 2 aliphatic rings. The van der Waals surface area contributed by atoms with E-state index < -0.39 is 0 Å². The third kappa shape index (κ3) is 4.35. The van der Waals surface area contributed by atoms with E-state index in [0.29, 0.717) is 44.1 Å². The number of piperazine rings is 1. The third-order valence-electron chi connectivity index (χ3n) is 7.25. The molecule has 1 amide bonds. The van der Waals surface area contributed by atoms with Crippen LogP contribution in [0.2, 0.25) is 0 Å². The summed E-state index contributed by atoms with van der Waals surface area (Å²) in [7, 11) is 1.61. The van der Waals surface area contributed by atoms with Gasteiger partial charge in [0.2, 0.25) is 5.91 Å². The van der Waals surface area contributed by atoms with Gasteiger partial charge in [0.15, 0.2) is 0 Å². The maximum absolute atomic E-state index is 12.6. The number of pyridine rings is 2. The van der Waals surface area contributed by atoms with Gasteiger partial charge in [-0.25, -0.2) is 4.98 Å². The number of methoxy groups -OCH3 is 1. The van der Waals surface area contributed by atoms with Crippen molar-refractivity contribution in [1.82, 2.24) is 14.9 Å². The van der Waals surface area contributed by atoms with Gasteiger partial charge in [-0.15, -0.1) is 0 Å². The number of carbonyl (C=O) groups is 1. The number of fused-ring (bicyclic) bond motifs is 1. The lowest BCUT2D eigenvalue weighted by atomic mass is 9.90. The Kier molecular flexibility index (Phi) is 6.40. The van der Waals surface area contributed by atoms with Crippen molar-refractivity contribution in [2.45, 2.75) is 45.1 Å². The van der Waals surface area contributed by atoms with E-state index >= 15 is 0 Å². The Bertz CT molecular complexity index is 1310. The molecule has 0 unspecified atom stereocenters. The highest BCUT2D eigenvalue weighted by molar-refractivity contribution is 5.98. The fraction of sp³-hybridized carbons (Fsp3) is 0.429. The van der Waals surface area contributed by atoms with E-state index in [2.05, 4.69) is 48.0 Å². The smallest absolute Gasteiger partial charge is 0.225 e. The van der Waals surface area contributed by atoms with Gasteiger partial charge < -0.3 is 14.5 Å². The maximum atomic E-state index is 12.6. The van der Waals surface area contributed by atoms with E-state index in [-0.39, 0.29) is 11.9 Å². The quantitative estimate of drug-likeness (QED) is 0.531. The van der Waals surface area contributed by atoms with Gasteiger partial charge in [0.25, 0.3) is 0 Å². The molecule has 0 N–H and O–H groups in total. The lowest BCUT2D eigenvalue weighted by molar-refractivity contribution is -0.134. The van der Waals surface area contributed by atoms with Gasteiger partial charge in [0.05, 0.1) is 24.3 Å². The Morgan fingerprint density at radius 3 is 2.80 bits per heavy atom. The molecule has 2 aromatic heterocycles. The van der Waals surface area contributed by atoms with Crippen LogP contribution < -0.4 is 4.90 Å². The summed E-state index contributed by atoms with van der Waals surface area (Å²) in [5.74, 6) is 1.29. The van der Waals surface area contributed by atoms with Crippen molar-refractivity contribution in [2.75, 3.05) is 38.3 Å². The molecule has 1 saturated heterocycles. The predicted octanol–water partition coefficient (Wildman–Crippen LogP) is 4.43. The monoisotopic (exact) mass is 469 g/mol. The molecular weight excluding hydrogens is 438 g/mol. The van der Waals surface area contributed by atoms with Gasteiger partial charge >= 0.3 is 0 Å². The second kappa shape index (κ2) is 9.63. The van der Waals surface area contributed by atoms with Gasteiger partial charge in [-0.3, -0.25) is 9.78 Å². The van der Waals surface area contributed by atoms with Crippen molar-refractivity contribution < 1.29 is 9.53 Å². The lowest BCUT2D eigenvalue weighted by Crippen LogP contribution is -2.54. The minimum atomic E-state index is 0.0383. The average molecular weight is 470 g/mol. The number of aromatic nitrogens is 2. The fourth-order valence-corrected chi connectivity index (χ4v) is 5.26. The van der Waals surface area contributed by atoms with Gasteiger partial charge in [-0.2, -0.15) is 5.26 Å². The van der Waals surface area contributed by atoms with Gasteiger partial charge in [0.1, 0.15) is 11.9 Å². The Balaban J connectivity index is 1.55. The Morgan fingerprint density at radius 1 is 1.26 bits per heavy atom. The SMILES string of the molecule is COCCC(=O)N1CCN(c2nc(C3CC3)c(-c3cccc4cnccc34)c(C)c2C#N)C[C@H]1C. The number of benzene rings is 1. The molecule has 180 valence electrons. The molecule has 1 aromatic carbocycles. The number of nitriles is 1. The second-order valence-electron chi connectivity index (χ2n) is 9.61. The number of ether oxygens (including phenoxy) is 1. The van der Waals surface area contributed by atoms with Gasteiger partial charge in [-0.1, -0.05) is 18.2 Å². The Morgan fingerprint density at radius 2 is 2.09 bits per heavy atom.